The normalized spacial score (nSPS) is 15.9. The Balaban J connectivity index is 1.37. The van der Waals surface area contributed by atoms with Gasteiger partial charge in [0.15, 0.2) is 0 Å². The zero-order valence-electron chi connectivity index (χ0n) is 17.2. The molecular formula is C26H24ClNO3. The number of carbonyl (C=O) groups is 1. The van der Waals surface area contributed by atoms with Crippen molar-refractivity contribution in [3.63, 3.8) is 0 Å². The molecule has 5 rings (SSSR count). The smallest absolute Gasteiger partial charge is 0.224 e. The van der Waals surface area contributed by atoms with Crippen LogP contribution in [0.5, 0.6) is 0 Å². The molecule has 158 valence electrons. The maximum atomic E-state index is 13.0. The second-order valence-electron chi connectivity index (χ2n) is 8.28. The van der Waals surface area contributed by atoms with Crippen molar-refractivity contribution in [2.75, 3.05) is 19.8 Å². The molecular weight excluding hydrogens is 410 g/mol. The van der Waals surface area contributed by atoms with E-state index in [2.05, 4.69) is 23.5 Å². The van der Waals surface area contributed by atoms with Crippen molar-refractivity contribution in [2.45, 2.75) is 24.7 Å². The summed E-state index contributed by atoms with van der Waals surface area (Å²) in [4.78, 5) is 13.0. The van der Waals surface area contributed by atoms with E-state index in [1.807, 2.05) is 42.5 Å². The number of amides is 1. The lowest BCUT2D eigenvalue weighted by atomic mass is 9.74. The summed E-state index contributed by atoms with van der Waals surface area (Å²) in [6, 6.07) is 20.1. The molecule has 0 unspecified atom stereocenters. The number of halogens is 1. The van der Waals surface area contributed by atoms with E-state index in [0.29, 0.717) is 24.8 Å². The van der Waals surface area contributed by atoms with E-state index < -0.39 is 0 Å². The van der Waals surface area contributed by atoms with Gasteiger partial charge in [-0.15, -0.1) is 0 Å². The van der Waals surface area contributed by atoms with E-state index in [1.165, 1.54) is 0 Å². The van der Waals surface area contributed by atoms with Crippen LogP contribution in [0.15, 0.2) is 71.3 Å². The lowest BCUT2D eigenvalue weighted by molar-refractivity contribution is -0.120. The lowest BCUT2D eigenvalue weighted by Crippen LogP contribution is -2.45. The molecule has 1 fully saturated rings. The first-order valence-corrected chi connectivity index (χ1v) is 11.0. The Labute approximate surface area is 186 Å². The van der Waals surface area contributed by atoms with Crippen molar-refractivity contribution >= 4 is 39.2 Å². The molecule has 4 aromatic rings. The number of furan rings is 1. The molecule has 2 heterocycles. The molecule has 1 saturated heterocycles. The highest BCUT2D eigenvalue weighted by Gasteiger charge is 2.35. The van der Waals surface area contributed by atoms with Gasteiger partial charge < -0.3 is 14.5 Å². The molecule has 0 aliphatic carbocycles. The van der Waals surface area contributed by atoms with Crippen molar-refractivity contribution in [3.8, 4) is 0 Å². The zero-order valence-corrected chi connectivity index (χ0v) is 18.0. The first kappa shape index (κ1) is 20.1. The van der Waals surface area contributed by atoms with Crippen LogP contribution in [0.4, 0.5) is 0 Å². The molecule has 3 aromatic carbocycles. The van der Waals surface area contributed by atoms with E-state index >= 15 is 0 Å². The highest BCUT2D eigenvalue weighted by molar-refractivity contribution is 6.30. The van der Waals surface area contributed by atoms with Gasteiger partial charge in [0.25, 0.3) is 0 Å². The van der Waals surface area contributed by atoms with E-state index in [-0.39, 0.29) is 17.7 Å². The summed E-state index contributed by atoms with van der Waals surface area (Å²) in [7, 11) is 0. The predicted octanol–water partition coefficient (Wildman–Crippen LogP) is 5.65. The summed E-state index contributed by atoms with van der Waals surface area (Å²) < 4.78 is 11.3. The fraction of sp³-hybridized carbons (Fsp3) is 0.269. The fourth-order valence-electron chi connectivity index (χ4n) is 4.66. The SMILES string of the molecule is O=C(Cc1coc2ccc3ccccc3c12)NCC1(c2cccc(Cl)c2)CCOCC1. The average Bonchev–Trinajstić information content (AvgIpc) is 3.21. The predicted molar refractivity (Wildman–Crippen MR) is 124 cm³/mol. The Bertz CT molecular complexity index is 1240. The highest BCUT2D eigenvalue weighted by atomic mass is 35.5. The van der Waals surface area contributed by atoms with Gasteiger partial charge >= 0.3 is 0 Å². The van der Waals surface area contributed by atoms with Crippen LogP contribution in [0, 0.1) is 0 Å². The van der Waals surface area contributed by atoms with Gasteiger partial charge in [-0.1, -0.05) is 54.1 Å². The fourth-order valence-corrected chi connectivity index (χ4v) is 4.85. The summed E-state index contributed by atoms with van der Waals surface area (Å²) in [5.41, 5.74) is 2.71. The van der Waals surface area contributed by atoms with E-state index in [4.69, 9.17) is 20.8 Å². The summed E-state index contributed by atoms with van der Waals surface area (Å²) in [5.74, 6) is -0.0106. The van der Waals surface area contributed by atoms with Crippen LogP contribution in [0.2, 0.25) is 5.02 Å². The third-order valence-corrected chi connectivity index (χ3v) is 6.64. The summed E-state index contributed by atoms with van der Waals surface area (Å²) in [6.07, 6.45) is 3.70. The van der Waals surface area contributed by atoms with Crippen molar-refractivity contribution < 1.29 is 13.9 Å². The van der Waals surface area contributed by atoms with Gasteiger partial charge in [0, 0.05) is 41.1 Å². The molecule has 31 heavy (non-hydrogen) atoms. The summed E-state index contributed by atoms with van der Waals surface area (Å²) >= 11 is 6.26. The van der Waals surface area contributed by atoms with Crippen molar-refractivity contribution in [3.05, 3.63) is 83.1 Å². The van der Waals surface area contributed by atoms with Crippen LogP contribution >= 0.6 is 11.6 Å². The standard InChI is InChI=1S/C26H24ClNO3/c27-21-6-3-5-20(15-21)26(10-12-30-13-11-26)17-28-24(29)14-19-16-31-23-9-8-18-4-1-2-7-22(18)25(19)23/h1-9,15-16H,10-14,17H2,(H,28,29). The Morgan fingerprint density at radius 1 is 1.03 bits per heavy atom. The Kier molecular flexibility index (Phi) is 5.43. The lowest BCUT2D eigenvalue weighted by Gasteiger charge is -2.38. The van der Waals surface area contributed by atoms with Gasteiger partial charge in [-0.05, 0) is 47.4 Å². The van der Waals surface area contributed by atoms with Crippen molar-refractivity contribution in [2.24, 2.45) is 0 Å². The number of rotatable bonds is 5. The molecule has 0 atom stereocenters. The second-order valence-corrected chi connectivity index (χ2v) is 8.71. The topological polar surface area (TPSA) is 51.5 Å². The minimum absolute atomic E-state index is 0.0106. The number of hydrogen-bond donors (Lipinski definition) is 1. The van der Waals surface area contributed by atoms with Crippen molar-refractivity contribution in [1.82, 2.24) is 5.32 Å². The van der Waals surface area contributed by atoms with Gasteiger partial charge in [0.1, 0.15) is 5.58 Å². The maximum absolute atomic E-state index is 13.0. The number of nitrogens with one attached hydrogen (secondary N) is 1. The van der Waals surface area contributed by atoms with E-state index in [0.717, 1.165) is 45.7 Å². The molecule has 0 bridgehead atoms. The minimum atomic E-state index is -0.163. The Hall–Kier alpha value is -2.82. The van der Waals surface area contributed by atoms with E-state index in [9.17, 15) is 4.79 Å². The highest BCUT2D eigenvalue weighted by Crippen LogP contribution is 2.35. The zero-order chi connectivity index (χ0) is 21.3. The summed E-state index contributed by atoms with van der Waals surface area (Å²) in [5, 5.41) is 7.16. The molecule has 0 spiro atoms. The maximum Gasteiger partial charge on any atom is 0.224 e. The number of ether oxygens (including phenoxy) is 1. The molecule has 0 saturated carbocycles. The third-order valence-electron chi connectivity index (χ3n) is 6.40. The van der Waals surface area contributed by atoms with Gasteiger partial charge in [-0.25, -0.2) is 0 Å². The molecule has 1 aliphatic heterocycles. The van der Waals surface area contributed by atoms with Crippen molar-refractivity contribution in [1.29, 1.82) is 0 Å². The van der Waals surface area contributed by atoms with Crippen LogP contribution in [0.1, 0.15) is 24.0 Å². The molecule has 1 aromatic heterocycles. The number of fused-ring (bicyclic) bond motifs is 3. The number of carbonyl (C=O) groups excluding carboxylic acids is 1. The Morgan fingerprint density at radius 3 is 2.71 bits per heavy atom. The molecule has 1 amide bonds. The quantitative estimate of drug-likeness (QED) is 0.442. The van der Waals surface area contributed by atoms with Crippen LogP contribution in [-0.2, 0) is 21.4 Å². The monoisotopic (exact) mass is 433 g/mol. The summed E-state index contributed by atoms with van der Waals surface area (Å²) in [6.45, 7) is 1.92. The van der Waals surface area contributed by atoms with Crippen LogP contribution in [0.25, 0.3) is 21.7 Å². The van der Waals surface area contributed by atoms with Crippen LogP contribution in [-0.4, -0.2) is 25.7 Å². The molecule has 4 nitrogen and oxygen atoms in total. The van der Waals surface area contributed by atoms with Crippen LogP contribution < -0.4 is 5.32 Å². The number of hydrogen-bond acceptors (Lipinski definition) is 3. The molecule has 5 heteroatoms. The molecule has 1 aliphatic rings. The first-order chi connectivity index (χ1) is 15.1. The first-order valence-electron chi connectivity index (χ1n) is 10.6. The Morgan fingerprint density at radius 2 is 1.87 bits per heavy atom. The number of benzene rings is 3. The van der Waals surface area contributed by atoms with Crippen LogP contribution in [0.3, 0.4) is 0 Å². The van der Waals surface area contributed by atoms with E-state index in [1.54, 1.807) is 6.26 Å². The average molecular weight is 434 g/mol. The molecule has 0 radical (unpaired) electrons. The minimum Gasteiger partial charge on any atom is -0.464 e. The largest absolute Gasteiger partial charge is 0.464 e. The third kappa shape index (κ3) is 3.93. The van der Waals surface area contributed by atoms with Gasteiger partial charge in [0.05, 0.1) is 12.7 Å². The van der Waals surface area contributed by atoms with Gasteiger partial charge in [0.2, 0.25) is 5.91 Å². The van der Waals surface area contributed by atoms with Gasteiger partial charge in [-0.2, -0.15) is 0 Å². The second kappa shape index (κ2) is 8.37. The van der Waals surface area contributed by atoms with Gasteiger partial charge in [-0.3, -0.25) is 4.79 Å². The molecule has 1 N–H and O–H groups in total.